The van der Waals surface area contributed by atoms with Crippen LogP contribution >= 0.6 is 0 Å². The van der Waals surface area contributed by atoms with Crippen molar-refractivity contribution in [1.82, 2.24) is 0 Å². The minimum absolute atomic E-state index is 0.0280. The van der Waals surface area contributed by atoms with Crippen molar-refractivity contribution in [3.8, 4) is 0 Å². The summed E-state index contributed by atoms with van der Waals surface area (Å²) in [5.74, 6) is -0.852. The van der Waals surface area contributed by atoms with E-state index in [0.717, 1.165) is 24.1 Å². The molecule has 0 aromatic heterocycles. The number of non-ortho nitro benzene ring substituents is 1. The number of nitro benzene ring substituents is 1. The molecule has 0 amide bonds. The van der Waals surface area contributed by atoms with Crippen molar-refractivity contribution in [1.29, 1.82) is 0 Å². The zero-order valence-corrected chi connectivity index (χ0v) is 11.6. The molecule has 1 aliphatic heterocycles. The molecule has 1 aliphatic rings. The van der Waals surface area contributed by atoms with Crippen LogP contribution in [0.3, 0.4) is 0 Å². The molecular weight excluding hydrogens is 260 g/mol. The average molecular weight is 278 g/mol. The number of nitrogens with zero attached hydrogens (tertiary/aromatic N) is 2. The Morgan fingerprint density at radius 3 is 2.70 bits per heavy atom. The molecule has 1 saturated heterocycles. The number of hydrogen-bond donors (Lipinski definition) is 1. The monoisotopic (exact) mass is 278 g/mol. The van der Waals surface area contributed by atoms with Gasteiger partial charge in [-0.15, -0.1) is 0 Å². The lowest BCUT2D eigenvalue weighted by Crippen LogP contribution is -2.55. The van der Waals surface area contributed by atoms with Gasteiger partial charge in [-0.05, 0) is 44.7 Å². The quantitative estimate of drug-likeness (QED) is 0.679. The van der Waals surface area contributed by atoms with Gasteiger partial charge in [0.1, 0.15) is 5.54 Å². The molecule has 2 rings (SSSR count). The highest BCUT2D eigenvalue weighted by molar-refractivity contribution is 5.84. The van der Waals surface area contributed by atoms with Crippen LogP contribution in [0.2, 0.25) is 0 Å². The summed E-state index contributed by atoms with van der Waals surface area (Å²) in [4.78, 5) is 23.8. The van der Waals surface area contributed by atoms with Gasteiger partial charge in [0, 0.05) is 24.4 Å². The minimum atomic E-state index is -0.945. The maximum absolute atomic E-state index is 11.6. The van der Waals surface area contributed by atoms with Gasteiger partial charge in [-0.2, -0.15) is 0 Å². The number of carbonyl (C=O) groups is 1. The number of carboxylic acid groups (broad SMARTS) is 1. The lowest BCUT2D eigenvalue weighted by atomic mass is 9.87. The van der Waals surface area contributed by atoms with E-state index < -0.39 is 16.4 Å². The Balaban J connectivity index is 2.43. The van der Waals surface area contributed by atoms with Crippen LogP contribution in [-0.2, 0) is 4.79 Å². The number of hydrogen-bond acceptors (Lipinski definition) is 4. The molecule has 6 nitrogen and oxygen atoms in total. The number of nitro groups is 1. The van der Waals surface area contributed by atoms with Gasteiger partial charge in [-0.3, -0.25) is 10.1 Å². The molecule has 1 atom stereocenters. The first-order valence-electron chi connectivity index (χ1n) is 6.62. The summed E-state index contributed by atoms with van der Waals surface area (Å²) in [6.07, 6.45) is 2.39. The molecule has 0 spiro atoms. The Labute approximate surface area is 117 Å². The molecule has 1 fully saturated rings. The Morgan fingerprint density at radius 2 is 2.15 bits per heavy atom. The molecule has 1 unspecified atom stereocenters. The van der Waals surface area contributed by atoms with Gasteiger partial charge in [0.2, 0.25) is 0 Å². The van der Waals surface area contributed by atoms with E-state index in [2.05, 4.69) is 0 Å². The Bertz CT molecular complexity index is 558. The number of piperidine rings is 1. The van der Waals surface area contributed by atoms with E-state index in [1.54, 1.807) is 19.9 Å². The van der Waals surface area contributed by atoms with Gasteiger partial charge in [-0.1, -0.05) is 0 Å². The molecule has 20 heavy (non-hydrogen) atoms. The van der Waals surface area contributed by atoms with E-state index in [0.29, 0.717) is 13.0 Å². The maximum Gasteiger partial charge on any atom is 0.329 e. The number of carboxylic acids is 1. The van der Waals surface area contributed by atoms with E-state index in [4.69, 9.17) is 0 Å². The fourth-order valence-electron chi connectivity index (χ4n) is 2.79. The first kappa shape index (κ1) is 14.3. The van der Waals surface area contributed by atoms with E-state index in [1.165, 1.54) is 12.1 Å². The molecule has 0 bridgehead atoms. The highest BCUT2D eigenvalue weighted by Crippen LogP contribution is 2.36. The summed E-state index contributed by atoms with van der Waals surface area (Å²) < 4.78 is 0. The van der Waals surface area contributed by atoms with Crippen LogP contribution in [-0.4, -0.2) is 28.1 Å². The van der Waals surface area contributed by atoms with Gasteiger partial charge in [0.25, 0.3) is 5.69 Å². The number of benzene rings is 1. The van der Waals surface area contributed by atoms with Crippen LogP contribution in [0.5, 0.6) is 0 Å². The van der Waals surface area contributed by atoms with Gasteiger partial charge < -0.3 is 10.0 Å². The highest BCUT2D eigenvalue weighted by Gasteiger charge is 2.42. The molecule has 1 N–H and O–H groups in total. The smallest absolute Gasteiger partial charge is 0.329 e. The second kappa shape index (κ2) is 5.11. The van der Waals surface area contributed by atoms with Crippen molar-refractivity contribution in [2.75, 3.05) is 11.4 Å². The summed E-state index contributed by atoms with van der Waals surface area (Å²) in [6, 6.07) is 4.57. The van der Waals surface area contributed by atoms with Crippen molar-refractivity contribution in [3.05, 3.63) is 33.9 Å². The summed E-state index contributed by atoms with van der Waals surface area (Å²) in [7, 11) is 0. The fraction of sp³-hybridized carbons (Fsp3) is 0.500. The zero-order valence-electron chi connectivity index (χ0n) is 11.6. The number of aliphatic carboxylic acids is 1. The summed E-state index contributed by atoms with van der Waals surface area (Å²) in [5, 5.41) is 20.3. The van der Waals surface area contributed by atoms with Gasteiger partial charge in [0.15, 0.2) is 0 Å². The number of rotatable bonds is 3. The van der Waals surface area contributed by atoms with Crippen molar-refractivity contribution in [3.63, 3.8) is 0 Å². The Morgan fingerprint density at radius 1 is 1.45 bits per heavy atom. The van der Waals surface area contributed by atoms with Crippen molar-refractivity contribution in [2.45, 2.75) is 38.6 Å². The van der Waals surface area contributed by atoms with Crippen LogP contribution in [0.25, 0.3) is 0 Å². The van der Waals surface area contributed by atoms with Gasteiger partial charge >= 0.3 is 5.97 Å². The second-order valence-corrected chi connectivity index (χ2v) is 5.42. The van der Waals surface area contributed by atoms with Crippen LogP contribution in [0.4, 0.5) is 11.4 Å². The molecule has 0 aliphatic carbocycles. The van der Waals surface area contributed by atoms with Crippen molar-refractivity contribution in [2.24, 2.45) is 0 Å². The molecule has 1 heterocycles. The zero-order chi connectivity index (χ0) is 14.9. The standard InChI is InChI=1S/C14H18N2O4/c1-10-9-11(16(19)20)5-6-12(10)15-8-4-3-7-14(15,2)13(17)18/h5-6,9H,3-4,7-8H2,1-2H3,(H,17,18). The SMILES string of the molecule is Cc1cc([N+](=O)[O-])ccc1N1CCCCC1(C)C(=O)O. The molecule has 1 aromatic carbocycles. The molecule has 6 heteroatoms. The van der Waals surface area contributed by atoms with E-state index >= 15 is 0 Å². The summed E-state index contributed by atoms with van der Waals surface area (Å²) in [5.41, 5.74) is 0.577. The molecule has 0 radical (unpaired) electrons. The summed E-state index contributed by atoms with van der Waals surface area (Å²) in [6.45, 7) is 4.15. The summed E-state index contributed by atoms with van der Waals surface area (Å²) >= 11 is 0. The predicted molar refractivity (Wildman–Crippen MR) is 75.1 cm³/mol. The van der Waals surface area contributed by atoms with Crippen LogP contribution in [0, 0.1) is 17.0 Å². The van der Waals surface area contributed by atoms with E-state index in [9.17, 15) is 20.0 Å². The number of anilines is 1. The Hall–Kier alpha value is -2.11. The third kappa shape index (κ3) is 2.33. The second-order valence-electron chi connectivity index (χ2n) is 5.42. The predicted octanol–water partition coefficient (Wildman–Crippen LogP) is 2.74. The molecule has 1 aromatic rings. The van der Waals surface area contributed by atoms with Crippen molar-refractivity contribution < 1.29 is 14.8 Å². The lowest BCUT2D eigenvalue weighted by Gasteiger charge is -2.43. The van der Waals surface area contributed by atoms with Gasteiger partial charge in [0.05, 0.1) is 4.92 Å². The lowest BCUT2D eigenvalue weighted by molar-refractivity contribution is -0.384. The Kier molecular flexibility index (Phi) is 3.65. The third-order valence-electron chi connectivity index (χ3n) is 4.03. The van der Waals surface area contributed by atoms with Crippen LogP contribution in [0.15, 0.2) is 18.2 Å². The first-order chi connectivity index (χ1) is 9.36. The topological polar surface area (TPSA) is 83.7 Å². The third-order valence-corrected chi connectivity index (χ3v) is 4.03. The van der Waals surface area contributed by atoms with Gasteiger partial charge in [-0.25, -0.2) is 4.79 Å². The van der Waals surface area contributed by atoms with E-state index in [1.807, 2.05) is 4.90 Å². The molecular formula is C14H18N2O4. The number of aryl methyl sites for hydroxylation is 1. The fourth-order valence-corrected chi connectivity index (χ4v) is 2.79. The molecule has 0 saturated carbocycles. The molecule has 108 valence electrons. The van der Waals surface area contributed by atoms with Crippen LogP contribution in [0.1, 0.15) is 31.7 Å². The van der Waals surface area contributed by atoms with Crippen molar-refractivity contribution >= 4 is 17.3 Å². The van der Waals surface area contributed by atoms with E-state index in [-0.39, 0.29) is 5.69 Å². The first-order valence-corrected chi connectivity index (χ1v) is 6.62. The average Bonchev–Trinajstić information content (AvgIpc) is 2.39. The normalized spacial score (nSPS) is 22.6. The maximum atomic E-state index is 11.6. The van der Waals surface area contributed by atoms with Crippen LogP contribution < -0.4 is 4.90 Å². The largest absolute Gasteiger partial charge is 0.480 e. The highest BCUT2D eigenvalue weighted by atomic mass is 16.6. The minimum Gasteiger partial charge on any atom is -0.480 e.